The number of nitrogens with one attached hydrogen (secondary N) is 1. The lowest BCUT2D eigenvalue weighted by atomic mass is 10.1. The summed E-state index contributed by atoms with van der Waals surface area (Å²) in [6, 6.07) is 12.9. The first-order valence-corrected chi connectivity index (χ1v) is 9.07. The third kappa shape index (κ3) is 3.46. The first-order valence-electron chi connectivity index (χ1n) is 9.07. The van der Waals surface area contributed by atoms with Crippen LogP contribution in [0.5, 0.6) is 0 Å². The summed E-state index contributed by atoms with van der Waals surface area (Å²) in [5.74, 6) is 1.75. The molecule has 6 heteroatoms. The van der Waals surface area contributed by atoms with E-state index in [-0.39, 0.29) is 0 Å². The van der Waals surface area contributed by atoms with Crippen LogP contribution in [0.1, 0.15) is 19.5 Å². The Balaban J connectivity index is 1.45. The number of aromatic amines is 1. The molecule has 0 amide bonds. The SMILES string of the molecule is CC1CN(c2ncccn2)CC(C)N1Cc1cnc(-c2ccccc2)[nH]1. The molecule has 0 bridgehead atoms. The zero-order chi connectivity index (χ0) is 17.9. The van der Waals surface area contributed by atoms with Crippen LogP contribution in [-0.4, -0.2) is 50.0 Å². The third-order valence-corrected chi connectivity index (χ3v) is 4.97. The van der Waals surface area contributed by atoms with Gasteiger partial charge in [-0.15, -0.1) is 0 Å². The van der Waals surface area contributed by atoms with Crippen LogP contribution in [-0.2, 0) is 6.54 Å². The van der Waals surface area contributed by atoms with Crippen molar-refractivity contribution >= 4 is 5.95 Å². The van der Waals surface area contributed by atoms with E-state index in [9.17, 15) is 0 Å². The normalized spacial score (nSPS) is 21.1. The number of benzene rings is 1. The van der Waals surface area contributed by atoms with Crippen molar-refractivity contribution in [1.82, 2.24) is 24.8 Å². The second-order valence-electron chi connectivity index (χ2n) is 6.95. The Morgan fingerprint density at radius 1 is 0.962 bits per heavy atom. The second kappa shape index (κ2) is 7.25. The maximum absolute atomic E-state index is 4.55. The molecular weight excluding hydrogens is 324 g/mol. The lowest BCUT2D eigenvalue weighted by molar-refractivity contribution is 0.121. The second-order valence-corrected chi connectivity index (χ2v) is 6.95. The van der Waals surface area contributed by atoms with Gasteiger partial charge in [-0.25, -0.2) is 15.0 Å². The molecule has 0 saturated carbocycles. The minimum atomic E-state index is 0.408. The van der Waals surface area contributed by atoms with Gasteiger partial charge in [0.2, 0.25) is 5.95 Å². The molecule has 2 unspecified atom stereocenters. The monoisotopic (exact) mass is 348 g/mol. The summed E-state index contributed by atoms with van der Waals surface area (Å²) in [5.41, 5.74) is 2.26. The highest BCUT2D eigenvalue weighted by atomic mass is 15.3. The highest BCUT2D eigenvalue weighted by Crippen LogP contribution is 2.22. The molecule has 1 fully saturated rings. The van der Waals surface area contributed by atoms with Gasteiger partial charge in [-0.2, -0.15) is 0 Å². The van der Waals surface area contributed by atoms with E-state index in [4.69, 9.17) is 0 Å². The van der Waals surface area contributed by atoms with Crippen LogP contribution < -0.4 is 4.90 Å². The Bertz CT molecular complexity index is 820. The molecule has 0 aliphatic carbocycles. The molecule has 0 radical (unpaired) electrons. The Kier molecular flexibility index (Phi) is 4.67. The molecule has 1 N–H and O–H groups in total. The fourth-order valence-electron chi connectivity index (χ4n) is 3.66. The molecule has 2 aromatic heterocycles. The fraction of sp³-hybridized carbons (Fsp3) is 0.350. The first-order chi connectivity index (χ1) is 12.7. The average molecular weight is 348 g/mol. The number of anilines is 1. The van der Waals surface area contributed by atoms with Crippen LogP contribution >= 0.6 is 0 Å². The minimum Gasteiger partial charge on any atom is -0.341 e. The summed E-state index contributed by atoms with van der Waals surface area (Å²) < 4.78 is 0. The Hall–Kier alpha value is -2.73. The topological polar surface area (TPSA) is 60.9 Å². The number of imidazole rings is 1. The van der Waals surface area contributed by atoms with Crippen molar-refractivity contribution in [3.8, 4) is 11.4 Å². The summed E-state index contributed by atoms with van der Waals surface area (Å²) >= 11 is 0. The van der Waals surface area contributed by atoms with Gasteiger partial charge in [-0.3, -0.25) is 4.90 Å². The third-order valence-electron chi connectivity index (χ3n) is 4.97. The van der Waals surface area contributed by atoms with Gasteiger partial charge in [0.15, 0.2) is 0 Å². The first kappa shape index (κ1) is 16.7. The highest BCUT2D eigenvalue weighted by Gasteiger charge is 2.30. The van der Waals surface area contributed by atoms with Gasteiger partial charge in [0.1, 0.15) is 5.82 Å². The molecular formula is C20H24N6. The van der Waals surface area contributed by atoms with Crippen molar-refractivity contribution in [3.05, 3.63) is 60.7 Å². The van der Waals surface area contributed by atoms with E-state index in [0.29, 0.717) is 12.1 Å². The molecule has 1 saturated heterocycles. The van der Waals surface area contributed by atoms with Crippen LogP contribution in [0.15, 0.2) is 55.0 Å². The molecule has 134 valence electrons. The fourth-order valence-corrected chi connectivity index (χ4v) is 3.66. The van der Waals surface area contributed by atoms with Crippen molar-refractivity contribution in [3.63, 3.8) is 0 Å². The number of aromatic nitrogens is 4. The predicted octanol–water partition coefficient (Wildman–Crippen LogP) is 2.97. The predicted molar refractivity (Wildman–Crippen MR) is 103 cm³/mol. The maximum Gasteiger partial charge on any atom is 0.225 e. The van der Waals surface area contributed by atoms with E-state index in [2.05, 4.69) is 55.7 Å². The van der Waals surface area contributed by atoms with Crippen molar-refractivity contribution in [2.24, 2.45) is 0 Å². The Morgan fingerprint density at radius 2 is 1.65 bits per heavy atom. The van der Waals surface area contributed by atoms with E-state index in [1.807, 2.05) is 30.5 Å². The average Bonchev–Trinajstić information content (AvgIpc) is 3.15. The molecule has 1 aromatic carbocycles. The molecule has 3 aromatic rings. The smallest absolute Gasteiger partial charge is 0.225 e. The number of nitrogens with zero attached hydrogens (tertiary/aromatic N) is 5. The minimum absolute atomic E-state index is 0.408. The summed E-state index contributed by atoms with van der Waals surface area (Å²) in [4.78, 5) is 21.6. The van der Waals surface area contributed by atoms with Crippen LogP contribution in [0.25, 0.3) is 11.4 Å². The van der Waals surface area contributed by atoms with Crippen molar-refractivity contribution < 1.29 is 0 Å². The molecule has 0 spiro atoms. The summed E-state index contributed by atoms with van der Waals surface area (Å²) in [7, 11) is 0. The number of piperazine rings is 1. The summed E-state index contributed by atoms with van der Waals surface area (Å²) in [6.45, 7) is 7.24. The lowest BCUT2D eigenvalue weighted by Crippen LogP contribution is -2.56. The summed E-state index contributed by atoms with van der Waals surface area (Å²) in [5, 5.41) is 0. The molecule has 1 aliphatic heterocycles. The lowest BCUT2D eigenvalue weighted by Gasteiger charge is -2.44. The van der Waals surface area contributed by atoms with Gasteiger partial charge in [0.25, 0.3) is 0 Å². The van der Waals surface area contributed by atoms with Crippen molar-refractivity contribution in [2.75, 3.05) is 18.0 Å². The van der Waals surface area contributed by atoms with E-state index >= 15 is 0 Å². The highest BCUT2D eigenvalue weighted by molar-refractivity contribution is 5.54. The quantitative estimate of drug-likeness (QED) is 0.785. The van der Waals surface area contributed by atoms with Crippen LogP contribution in [0.2, 0.25) is 0 Å². The van der Waals surface area contributed by atoms with Crippen LogP contribution in [0.3, 0.4) is 0 Å². The van der Waals surface area contributed by atoms with Crippen LogP contribution in [0, 0.1) is 0 Å². The zero-order valence-corrected chi connectivity index (χ0v) is 15.2. The van der Waals surface area contributed by atoms with E-state index in [0.717, 1.165) is 42.7 Å². The van der Waals surface area contributed by atoms with Gasteiger partial charge in [-0.05, 0) is 19.9 Å². The Labute approximate surface area is 153 Å². The maximum atomic E-state index is 4.55. The van der Waals surface area contributed by atoms with Crippen molar-refractivity contribution in [2.45, 2.75) is 32.5 Å². The molecule has 2 atom stereocenters. The van der Waals surface area contributed by atoms with E-state index in [1.54, 1.807) is 12.4 Å². The zero-order valence-electron chi connectivity index (χ0n) is 15.2. The van der Waals surface area contributed by atoms with Gasteiger partial charge >= 0.3 is 0 Å². The number of hydrogen-bond donors (Lipinski definition) is 1. The molecule has 4 rings (SSSR count). The largest absolute Gasteiger partial charge is 0.341 e. The van der Waals surface area contributed by atoms with Gasteiger partial charge < -0.3 is 9.88 Å². The Morgan fingerprint density at radius 3 is 2.35 bits per heavy atom. The van der Waals surface area contributed by atoms with Crippen molar-refractivity contribution in [1.29, 1.82) is 0 Å². The summed E-state index contributed by atoms with van der Waals surface area (Å²) in [6.07, 6.45) is 5.56. The van der Waals surface area contributed by atoms with Crippen LogP contribution in [0.4, 0.5) is 5.95 Å². The van der Waals surface area contributed by atoms with Gasteiger partial charge in [0.05, 0.1) is 0 Å². The number of rotatable bonds is 4. The molecule has 1 aliphatic rings. The molecule has 26 heavy (non-hydrogen) atoms. The number of hydrogen-bond acceptors (Lipinski definition) is 5. The van der Waals surface area contributed by atoms with Gasteiger partial charge in [-0.1, -0.05) is 30.3 Å². The standard InChI is InChI=1S/C20H24N6/c1-15-12-25(20-21-9-6-10-22-20)13-16(2)26(15)14-18-11-23-19(24-18)17-7-4-3-5-8-17/h3-11,15-16H,12-14H2,1-2H3,(H,23,24). The van der Waals surface area contributed by atoms with E-state index in [1.165, 1.54) is 0 Å². The molecule has 6 nitrogen and oxygen atoms in total. The molecule has 3 heterocycles. The van der Waals surface area contributed by atoms with E-state index < -0.39 is 0 Å². The number of H-pyrrole nitrogens is 1. The van der Waals surface area contributed by atoms with Gasteiger partial charge in [0, 0.05) is 61.6 Å².